The van der Waals surface area contributed by atoms with Crippen molar-refractivity contribution in [1.82, 2.24) is 4.90 Å². The predicted molar refractivity (Wildman–Crippen MR) is 145 cm³/mol. The van der Waals surface area contributed by atoms with E-state index in [-0.39, 0.29) is 22.3 Å². The van der Waals surface area contributed by atoms with E-state index < -0.39 is 15.8 Å². The first-order valence-corrected chi connectivity index (χ1v) is 13.6. The predicted octanol–water partition coefficient (Wildman–Crippen LogP) is 5.52. The highest BCUT2D eigenvalue weighted by Crippen LogP contribution is 2.30. The second kappa shape index (κ2) is 10.7. The number of anilines is 1. The zero-order valence-corrected chi connectivity index (χ0v) is 22.1. The van der Waals surface area contributed by atoms with Gasteiger partial charge >= 0.3 is 0 Å². The molecule has 0 amide bonds. The molecule has 8 heteroatoms. The zero-order valence-electron chi connectivity index (χ0n) is 20.5. The number of hydrogen-bond acceptors (Lipinski definition) is 3. The lowest BCUT2D eigenvalue weighted by Crippen LogP contribution is -2.39. The molecule has 0 aromatic heterocycles. The Bertz CT molecular complexity index is 1270. The average molecular weight is 514 g/mol. The minimum absolute atomic E-state index is 0.0382. The molecule has 0 saturated carbocycles. The van der Waals surface area contributed by atoms with Crippen LogP contribution in [0.2, 0.25) is 0 Å². The van der Waals surface area contributed by atoms with Gasteiger partial charge in [0.05, 0.1) is 18.0 Å². The SMILES string of the molecule is CC(C)(C)c1ccc(CN(C(N)=S)C(Cc2ccccc2)c2ccc(NS(C)(=O)=O)c(F)c2)cc1. The highest BCUT2D eigenvalue weighted by atomic mass is 32.2. The van der Waals surface area contributed by atoms with Crippen LogP contribution in [0.1, 0.15) is 49.1 Å². The average Bonchev–Trinajstić information content (AvgIpc) is 2.77. The van der Waals surface area contributed by atoms with Gasteiger partial charge in [0.15, 0.2) is 5.11 Å². The Hall–Kier alpha value is -2.97. The van der Waals surface area contributed by atoms with Crippen LogP contribution in [-0.2, 0) is 28.4 Å². The largest absolute Gasteiger partial charge is 0.376 e. The lowest BCUT2D eigenvalue weighted by Gasteiger charge is -2.33. The van der Waals surface area contributed by atoms with Crippen LogP contribution < -0.4 is 10.5 Å². The van der Waals surface area contributed by atoms with E-state index >= 15 is 0 Å². The van der Waals surface area contributed by atoms with Gasteiger partial charge in [-0.25, -0.2) is 12.8 Å². The van der Waals surface area contributed by atoms with Crippen LogP contribution in [0, 0.1) is 5.82 Å². The minimum Gasteiger partial charge on any atom is -0.376 e. The van der Waals surface area contributed by atoms with Gasteiger partial charge in [0.1, 0.15) is 5.82 Å². The van der Waals surface area contributed by atoms with Gasteiger partial charge < -0.3 is 10.6 Å². The number of nitrogens with two attached hydrogens (primary N) is 1. The molecule has 1 atom stereocenters. The second-order valence-corrected chi connectivity index (χ2v) is 11.9. The van der Waals surface area contributed by atoms with Gasteiger partial charge in [0, 0.05) is 6.54 Å². The van der Waals surface area contributed by atoms with Gasteiger partial charge in [-0.2, -0.15) is 0 Å². The van der Waals surface area contributed by atoms with Crippen LogP contribution in [0.5, 0.6) is 0 Å². The van der Waals surface area contributed by atoms with Crippen LogP contribution in [0.3, 0.4) is 0 Å². The van der Waals surface area contributed by atoms with Crippen molar-refractivity contribution in [2.45, 2.75) is 45.2 Å². The summed E-state index contributed by atoms with van der Waals surface area (Å²) in [6.45, 7) is 6.93. The lowest BCUT2D eigenvalue weighted by atomic mass is 9.86. The van der Waals surface area contributed by atoms with Gasteiger partial charge in [-0.15, -0.1) is 0 Å². The molecule has 5 nitrogen and oxygen atoms in total. The van der Waals surface area contributed by atoms with Crippen LogP contribution in [0.4, 0.5) is 10.1 Å². The normalized spacial score (nSPS) is 12.7. The number of rotatable bonds is 8. The topological polar surface area (TPSA) is 75.4 Å². The first-order valence-electron chi connectivity index (χ1n) is 11.3. The van der Waals surface area contributed by atoms with Crippen molar-refractivity contribution >= 4 is 33.0 Å². The Morgan fingerprint density at radius 3 is 2.17 bits per heavy atom. The number of halogens is 1. The molecule has 0 heterocycles. The van der Waals surface area contributed by atoms with E-state index in [1.165, 1.54) is 17.7 Å². The summed E-state index contributed by atoms with van der Waals surface area (Å²) in [7, 11) is -3.61. The van der Waals surface area contributed by atoms with E-state index in [0.717, 1.165) is 17.4 Å². The molecule has 0 spiro atoms. The Labute approximate surface area is 213 Å². The summed E-state index contributed by atoms with van der Waals surface area (Å²) >= 11 is 5.44. The van der Waals surface area contributed by atoms with Crippen molar-refractivity contribution in [2.24, 2.45) is 5.73 Å². The Morgan fingerprint density at radius 1 is 1.03 bits per heavy atom. The van der Waals surface area contributed by atoms with Crippen molar-refractivity contribution in [3.05, 3.63) is 101 Å². The summed E-state index contributed by atoms with van der Waals surface area (Å²) in [6, 6.07) is 22.3. The number of sulfonamides is 1. The van der Waals surface area contributed by atoms with Crippen molar-refractivity contribution in [3.63, 3.8) is 0 Å². The van der Waals surface area contributed by atoms with Crippen LogP contribution in [0.25, 0.3) is 0 Å². The molecule has 0 aliphatic carbocycles. The van der Waals surface area contributed by atoms with Crippen LogP contribution in [0.15, 0.2) is 72.8 Å². The minimum atomic E-state index is -3.61. The number of nitrogens with one attached hydrogen (secondary N) is 1. The summed E-state index contributed by atoms with van der Waals surface area (Å²) in [5.41, 5.74) is 10.1. The third kappa shape index (κ3) is 7.50. The number of hydrogen-bond donors (Lipinski definition) is 2. The summed E-state index contributed by atoms with van der Waals surface area (Å²) in [5.74, 6) is -0.664. The molecule has 35 heavy (non-hydrogen) atoms. The Kier molecular flexibility index (Phi) is 8.18. The fourth-order valence-electron chi connectivity index (χ4n) is 3.92. The summed E-state index contributed by atoms with van der Waals surface area (Å²) in [4.78, 5) is 1.88. The fraction of sp³-hybridized carbons (Fsp3) is 0.296. The molecule has 1 unspecified atom stereocenters. The van der Waals surface area contributed by atoms with Crippen molar-refractivity contribution in [3.8, 4) is 0 Å². The van der Waals surface area contributed by atoms with Crippen LogP contribution in [-0.4, -0.2) is 24.7 Å². The van der Waals surface area contributed by atoms with E-state index in [4.69, 9.17) is 18.0 Å². The molecular weight excluding hydrogens is 481 g/mol. The smallest absolute Gasteiger partial charge is 0.229 e. The third-order valence-corrected chi connectivity index (χ3v) is 6.60. The van der Waals surface area contributed by atoms with Gasteiger partial charge in [0.25, 0.3) is 0 Å². The molecular formula is C27H32FN3O2S2. The maximum absolute atomic E-state index is 14.9. The van der Waals surface area contributed by atoms with E-state index in [1.54, 1.807) is 6.07 Å². The molecule has 0 aliphatic rings. The maximum atomic E-state index is 14.9. The van der Waals surface area contributed by atoms with Crippen molar-refractivity contribution in [2.75, 3.05) is 11.0 Å². The lowest BCUT2D eigenvalue weighted by molar-refractivity contribution is 0.308. The number of thiocarbonyl (C=S) groups is 1. The molecule has 0 fully saturated rings. The maximum Gasteiger partial charge on any atom is 0.229 e. The van der Waals surface area contributed by atoms with E-state index in [0.29, 0.717) is 18.5 Å². The second-order valence-electron chi connectivity index (χ2n) is 9.73. The fourth-order valence-corrected chi connectivity index (χ4v) is 4.67. The number of nitrogens with zero attached hydrogens (tertiary/aromatic N) is 1. The molecule has 3 aromatic rings. The molecule has 3 aromatic carbocycles. The van der Waals surface area contributed by atoms with E-state index in [2.05, 4.69) is 49.8 Å². The molecule has 186 valence electrons. The monoisotopic (exact) mass is 513 g/mol. The molecule has 0 bridgehead atoms. The Balaban J connectivity index is 1.99. The first-order chi connectivity index (χ1) is 16.3. The molecule has 3 rings (SSSR count). The summed E-state index contributed by atoms with van der Waals surface area (Å²) in [5, 5.41) is 0.199. The summed E-state index contributed by atoms with van der Waals surface area (Å²) < 4.78 is 40.3. The van der Waals surface area contributed by atoms with Crippen molar-refractivity contribution < 1.29 is 12.8 Å². The van der Waals surface area contributed by atoms with Crippen molar-refractivity contribution in [1.29, 1.82) is 0 Å². The van der Waals surface area contributed by atoms with Gasteiger partial charge in [-0.1, -0.05) is 81.4 Å². The standard InChI is InChI=1S/C27H32FN3O2S2/c1-27(2,3)22-13-10-20(11-14-22)18-31(26(29)34)25(16-19-8-6-5-7-9-19)21-12-15-24(23(28)17-21)30-35(4,32)33/h5-15,17,25,30H,16,18H2,1-4H3,(H2,29,34). The van der Waals surface area contributed by atoms with Gasteiger partial charge in [-0.3, -0.25) is 4.72 Å². The highest BCUT2D eigenvalue weighted by Gasteiger charge is 2.24. The van der Waals surface area contributed by atoms with Gasteiger partial charge in [0.2, 0.25) is 10.0 Å². The molecule has 0 radical (unpaired) electrons. The van der Waals surface area contributed by atoms with Gasteiger partial charge in [-0.05, 0) is 58.4 Å². The summed E-state index contributed by atoms with van der Waals surface area (Å²) in [6.07, 6.45) is 1.52. The molecule has 0 aliphatic heterocycles. The molecule has 3 N–H and O–H groups in total. The highest BCUT2D eigenvalue weighted by molar-refractivity contribution is 7.92. The number of benzene rings is 3. The first kappa shape index (κ1) is 26.6. The van der Waals surface area contributed by atoms with Crippen LogP contribution >= 0.6 is 12.2 Å². The third-order valence-electron chi connectivity index (χ3n) is 5.78. The molecule has 0 saturated heterocycles. The van der Waals surface area contributed by atoms with E-state index in [9.17, 15) is 12.8 Å². The zero-order chi connectivity index (χ0) is 25.8. The van der Waals surface area contributed by atoms with E-state index in [1.807, 2.05) is 35.2 Å². The quantitative estimate of drug-likeness (QED) is 0.388. The Morgan fingerprint density at radius 2 is 1.66 bits per heavy atom.